The molecule has 1 rings (SSSR count). The van der Waals surface area contributed by atoms with Crippen LogP contribution in [-0.2, 0) is 6.18 Å². The zero-order chi connectivity index (χ0) is 13.9. The van der Waals surface area contributed by atoms with E-state index in [0.29, 0.717) is 5.96 Å². The van der Waals surface area contributed by atoms with Crippen molar-refractivity contribution in [3.8, 4) is 0 Å². The Bertz CT molecular complexity index is 426. The third-order valence-corrected chi connectivity index (χ3v) is 2.23. The molecular weight excluding hydrogens is 243 g/mol. The van der Waals surface area contributed by atoms with Crippen LogP contribution in [0.2, 0.25) is 0 Å². The van der Waals surface area contributed by atoms with Gasteiger partial charge >= 0.3 is 6.18 Å². The lowest BCUT2D eigenvalue weighted by Gasteiger charge is -2.23. The first-order chi connectivity index (χ1) is 8.23. The van der Waals surface area contributed by atoms with Crippen molar-refractivity contribution in [2.75, 3.05) is 28.2 Å². The summed E-state index contributed by atoms with van der Waals surface area (Å²) in [6.45, 7) is 0. The van der Waals surface area contributed by atoms with Crippen molar-refractivity contribution in [2.24, 2.45) is 4.99 Å². The fraction of sp³-hybridized carbons (Fsp3) is 0.417. The molecule has 0 atom stereocenters. The maximum absolute atomic E-state index is 12.8. The van der Waals surface area contributed by atoms with Crippen LogP contribution in [0.1, 0.15) is 5.56 Å². The Labute approximate surface area is 105 Å². The van der Waals surface area contributed by atoms with E-state index in [-0.39, 0.29) is 5.69 Å². The predicted molar refractivity (Wildman–Crippen MR) is 65.9 cm³/mol. The highest BCUT2D eigenvalue weighted by atomic mass is 19.4. The third kappa shape index (κ3) is 3.38. The molecule has 6 heteroatoms. The topological polar surface area (TPSA) is 18.8 Å². The first kappa shape index (κ1) is 14.3. The Morgan fingerprint density at radius 3 is 1.94 bits per heavy atom. The molecule has 18 heavy (non-hydrogen) atoms. The average molecular weight is 259 g/mol. The van der Waals surface area contributed by atoms with E-state index in [1.54, 1.807) is 38.0 Å². The number of hydrogen-bond acceptors (Lipinski definition) is 1. The smallest absolute Gasteiger partial charge is 0.349 e. The standard InChI is InChI=1S/C12H16F3N3/c1-17(2)11(18(3)4)16-10-8-6-5-7-9(10)12(13,14)15/h5-8H,1-4H3. The summed E-state index contributed by atoms with van der Waals surface area (Å²) >= 11 is 0. The van der Waals surface area contributed by atoms with Crippen molar-refractivity contribution in [1.82, 2.24) is 9.80 Å². The zero-order valence-corrected chi connectivity index (χ0v) is 10.8. The first-order valence-electron chi connectivity index (χ1n) is 5.33. The number of guanidine groups is 1. The number of alkyl halides is 3. The van der Waals surface area contributed by atoms with Gasteiger partial charge in [0.05, 0.1) is 11.3 Å². The zero-order valence-electron chi connectivity index (χ0n) is 10.8. The Balaban J connectivity index is 3.29. The fourth-order valence-electron chi connectivity index (χ4n) is 1.52. The van der Waals surface area contributed by atoms with Crippen LogP contribution in [0.3, 0.4) is 0 Å². The number of nitrogens with zero attached hydrogens (tertiary/aromatic N) is 3. The molecule has 0 heterocycles. The van der Waals surface area contributed by atoms with Crippen molar-refractivity contribution in [3.05, 3.63) is 29.8 Å². The normalized spacial score (nSPS) is 11.1. The summed E-state index contributed by atoms with van der Waals surface area (Å²) in [6.07, 6.45) is -4.40. The minimum atomic E-state index is -4.40. The van der Waals surface area contributed by atoms with Gasteiger partial charge in [0.15, 0.2) is 0 Å². The Hall–Kier alpha value is -1.72. The fourth-order valence-corrected chi connectivity index (χ4v) is 1.52. The molecule has 0 N–H and O–H groups in total. The first-order valence-corrected chi connectivity index (χ1v) is 5.33. The molecule has 0 spiro atoms. The Kier molecular flexibility index (Phi) is 4.21. The van der Waals surface area contributed by atoms with Crippen LogP contribution in [0.15, 0.2) is 29.3 Å². The van der Waals surface area contributed by atoms with Crippen LogP contribution in [0, 0.1) is 0 Å². The van der Waals surface area contributed by atoms with Crippen LogP contribution < -0.4 is 0 Å². The minimum Gasteiger partial charge on any atom is -0.349 e. The second-order valence-corrected chi connectivity index (χ2v) is 4.22. The second kappa shape index (κ2) is 5.29. The van der Waals surface area contributed by atoms with Gasteiger partial charge in [-0.1, -0.05) is 12.1 Å². The molecule has 0 bridgehead atoms. The molecule has 0 amide bonds. The molecule has 3 nitrogen and oxygen atoms in total. The summed E-state index contributed by atoms with van der Waals surface area (Å²) in [6, 6.07) is 5.28. The summed E-state index contributed by atoms with van der Waals surface area (Å²) in [5.74, 6) is 0.451. The Morgan fingerprint density at radius 1 is 1.00 bits per heavy atom. The molecule has 0 radical (unpaired) electrons. The maximum Gasteiger partial charge on any atom is 0.418 e. The highest BCUT2D eigenvalue weighted by Gasteiger charge is 2.33. The molecule has 0 unspecified atom stereocenters. The molecule has 1 aromatic carbocycles. The number of rotatable bonds is 1. The summed E-state index contributed by atoms with van der Waals surface area (Å²) in [5, 5.41) is 0. The van der Waals surface area contributed by atoms with Crippen molar-refractivity contribution in [3.63, 3.8) is 0 Å². The van der Waals surface area contributed by atoms with E-state index in [1.165, 1.54) is 18.2 Å². The number of benzene rings is 1. The lowest BCUT2D eigenvalue weighted by molar-refractivity contribution is -0.137. The van der Waals surface area contributed by atoms with Gasteiger partial charge in [0, 0.05) is 28.2 Å². The molecule has 1 aromatic rings. The third-order valence-electron chi connectivity index (χ3n) is 2.23. The average Bonchev–Trinajstić information content (AvgIpc) is 2.24. The van der Waals surface area contributed by atoms with Crippen molar-refractivity contribution in [1.29, 1.82) is 0 Å². The number of hydrogen-bond donors (Lipinski definition) is 0. The molecule has 0 aliphatic carbocycles. The molecule has 100 valence electrons. The van der Waals surface area contributed by atoms with Crippen LogP contribution in [0.4, 0.5) is 18.9 Å². The Morgan fingerprint density at radius 2 is 1.50 bits per heavy atom. The predicted octanol–water partition coefficient (Wildman–Crippen LogP) is 2.82. The minimum absolute atomic E-state index is 0.0811. The van der Waals surface area contributed by atoms with Crippen molar-refractivity contribution < 1.29 is 13.2 Å². The van der Waals surface area contributed by atoms with E-state index in [0.717, 1.165) is 6.07 Å². The van der Waals surface area contributed by atoms with E-state index < -0.39 is 11.7 Å². The van der Waals surface area contributed by atoms with E-state index in [2.05, 4.69) is 4.99 Å². The molecule has 0 aliphatic rings. The molecule has 0 aliphatic heterocycles. The van der Waals surface area contributed by atoms with E-state index in [9.17, 15) is 13.2 Å². The number of para-hydroxylation sites is 1. The summed E-state index contributed by atoms with van der Waals surface area (Å²) < 4.78 is 38.4. The molecule has 0 aromatic heterocycles. The molecule has 0 saturated heterocycles. The lowest BCUT2D eigenvalue weighted by Crippen LogP contribution is -2.35. The van der Waals surface area contributed by atoms with Crippen molar-refractivity contribution in [2.45, 2.75) is 6.18 Å². The van der Waals surface area contributed by atoms with Gasteiger partial charge in [0.1, 0.15) is 0 Å². The summed E-state index contributed by atoms with van der Waals surface area (Å²) in [7, 11) is 6.92. The largest absolute Gasteiger partial charge is 0.418 e. The van der Waals surface area contributed by atoms with Crippen molar-refractivity contribution >= 4 is 11.6 Å². The number of aliphatic imine (C=N–C) groups is 1. The van der Waals surface area contributed by atoms with Gasteiger partial charge in [-0.2, -0.15) is 13.2 Å². The monoisotopic (exact) mass is 259 g/mol. The summed E-state index contributed by atoms with van der Waals surface area (Å²) in [4.78, 5) is 7.39. The van der Waals surface area contributed by atoms with Crippen LogP contribution in [0.5, 0.6) is 0 Å². The van der Waals surface area contributed by atoms with Gasteiger partial charge in [0.25, 0.3) is 0 Å². The van der Waals surface area contributed by atoms with E-state index in [4.69, 9.17) is 0 Å². The van der Waals surface area contributed by atoms with E-state index >= 15 is 0 Å². The number of halogens is 3. The van der Waals surface area contributed by atoms with Gasteiger partial charge in [0.2, 0.25) is 5.96 Å². The highest BCUT2D eigenvalue weighted by Crippen LogP contribution is 2.36. The van der Waals surface area contributed by atoms with Gasteiger partial charge in [-0.15, -0.1) is 0 Å². The summed E-state index contributed by atoms with van der Waals surface area (Å²) in [5.41, 5.74) is -0.811. The van der Waals surface area contributed by atoms with Gasteiger partial charge < -0.3 is 9.80 Å². The molecular formula is C12H16F3N3. The highest BCUT2D eigenvalue weighted by molar-refractivity contribution is 5.82. The molecule has 0 saturated carbocycles. The maximum atomic E-state index is 12.8. The van der Waals surface area contributed by atoms with E-state index in [1.807, 2.05) is 0 Å². The SMILES string of the molecule is CN(C)C(=Nc1ccccc1C(F)(F)F)N(C)C. The lowest BCUT2D eigenvalue weighted by atomic mass is 10.2. The quantitative estimate of drug-likeness (QED) is 0.570. The molecule has 0 fully saturated rings. The van der Waals surface area contributed by atoms with Crippen LogP contribution >= 0.6 is 0 Å². The van der Waals surface area contributed by atoms with Crippen LogP contribution in [-0.4, -0.2) is 44.0 Å². The second-order valence-electron chi connectivity index (χ2n) is 4.22. The van der Waals surface area contributed by atoms with Crippen LogP contribution in [0.25, 0.3) is 0 Å². The van der Waals surface area contributed by atoms with Gasteiger partial charge in [-0.3, -0.25) is 0 Å². The van der Waals surface area contributed by atoms with Gasteiger partial charge in [-0.05, 0) is 12.1 Å². The van der Waals surface area contributed by atoms with Gasteiger partial charge in [-0.25, -0.2) is 4.99 Å².